The zero-order valence-electron chi connectivity index (χ0n) is 20.1. The van der Waals surface area contributed by atoms with Gasteiger partial charge in [-0.05, 0) is 60.4 Å². The lowest BCUT2D eigenvalue weighted by Gasteiger charge is -2.36. The highest BCUT2D eigenvalue weighted by atomic mass is 16.7. The van der Waals surface area contributed by atoms with Gasteiger partial charge in [0.1, 0.15) is 11.7 Å². The van der Waals surface area contributed by atoms with Crippen LogP contribution in [0.1, 0.15) is 51.4 Å². The Morgan fingerprint density at radius 3 is 2.25 bits per heavy atom. The number of amides is 2. The van der Waals surface area contributed by atoms with Crippen molar-refractivity contribution in [3.63, 3.8) is 0 Å². The Labute approximate surface area is 208 Å². The molecule has 1 fully saturated rings. The number of ether oxygens (including phenoxy) is 1. The zero-order valence-corrected chi connectivity index (χ0v) is 20.1. The summed E-state index contributed by atoms with van der Waals surface area (Å²) in [5.41, 5.74) is 4.34. The number of hydrogen-bond acceptors (Lipinski definition) is 7. The molecule has 3 aromatic rings. The van der Waals surface area contributed by atoms with Crippen molar-refractivity contribution in [1.29, 1.82) is 0 Å². The average molecular weight is 485 g/mol. The number of anilines is 2. The number of fused-ring (bicyclic) bond motifs is 2. The molecule has 0 saturated carbocycles. The normalized spacial score (nSPS) is 16.5. The second-order valence-electron chi connectivity index (χ2n) is 9.00. The van der Waals surface area contributed by atoms with E-state index in [1.165, 1.54) is 0 Å². The molecule has 1 saturated heterocycles. The van der Waals surface area contributed by atoms with Crippen LogP contribution in [0.15, 0.2) is 60.7 Å². The summed E-state index contributed by atoms with van der Waals surface area (Å²) in [4.78, 5) is 58.0. The van der Waals surface area contributed by atoms with Gasteiger partial charge >= 0.3 is 11.9 Å². The summed E-state index contributed by atoms with van der Waals surface area (Å²) in [7, 11) is 1.80. The molecule has 3 aromatic carbocycles. The molecule has 36 heavy (non-hydrogen) atoms. The Bertz CT molecular complexity index is 1400. The van der Waals surface area contributed by atoms with Crippen molar-refractivity contribution in [3.05, 3.63) is 88.5 Å². The van der Waals surface area contributed by atoms with Crippen LogP contribution in [0.3, 0.4) is 0 Å². The van der Waals surface area contributed by atoms with Gasteiger partial charge in [-0.3, -0.25) is 14.4 Å². The molecule has 0 aliphatic carbocycles. The summed E-state index contributed by atoms with van der Waals surface area (Å²) in [6.07, 6.45) is -0.00398. The number of aryl methyl sites for hydroxylation is 2. The number of hydrogen-bond donors (Lipinski definition) is 0. The number of imide groups is 1. The number of nitrogens with zero attached hydrogens (tertiary/aromatic N) is 2. The monoisotopic (exact) mass is 484 g/mol. The van der Waals surface area contributed by atoms with E-state index in [1.807, 2.05) is 42.2 Å². The van der Waals surface area contributed by atoms with Gasteiger partial charge in [-0.1, -0.05) is 36.4 Å². The van der Waals surface area contributed by atoms with Crippen molar-refractivity contribution in [2.75, 3.05) is 11.9 Å². The van der Waals surface area contributed by atoms with E-state index >= 15 is 0 Å². The fraction of sp³-hybridized carbons (Fsp3) is 0.214. The summed E-state index contributed by atoms with van der Waals surface area (Å²) in [6, 6.07) is 18.0. The van der Waals surface area contributed by atoms with Crippen molar-refractivity contribution < 1.29 is 28.8 Å². The fourth-order valence-corrected chi connectivity index (χ4v) is 4.74. The lowest BCUT2D eigenvalue weighted by molar-refractivity contribution is -0.172. The van der Waals surface area contributed by atoms with Crippen LogP contribution in [0.25, 0.3) is 0 Å². The Balaban J connectivity index is 1.63. The SMILES string of the molecule is Cc1cc(C(=O)ON2C(=O)CCC2=O)c2c(c1)C(C(=O)Oc1ccccc1)c1ccc(C)cc1N2C. The van der Waals surface area contributed by atoms with Crippen molar-refractivity contribution in [3.8, 4) is 5.75 Å². The number of carbonyl (C=O) groups is 4. The minimum Gasteiger partial charge on any atom is -0.426 e. The molecule has 182 valence electrons. The molecule has 2 aliphatic heterocycles. The predicted octanol–water partition coefficient (Wildman–Crippen LogP) is 4.34. The van der Waals surface area contributed by atoms with Crippen LogP contribution < -0.4 is 9.64 Å². The number of rotatable bonds is 4. The maximum Gasteiger partial charge on any atom is 0.366 e. The Hall–Kier alpha value is -4.46. The Morgan fingerprint density at radius 1 is 0.861 bits per heavy atom. The van der Waals surface area contributed by atoms with E-state index in [-0.39, 0.29) is 18.4 Å². The number of esters is 1. The van der Waals surface area contributed by atoms with Crippen LogP contribution in [-0.4, -0.2) is 35.9 Å². The lowest BCUT2D eigenvalue weighted by Crippen LogP contribution is -2.34. The fourth-order valence-electron chi connectivity index (χ4n) is 4.74. The number of para-hydroxylation sites is 1. The van der Waals surface area contributed by atoms with Crippen LogP contribution in [0.4, 0.5) is 11.4 Å². The molecule has 8 heteroatoms. The van der Waals surface area contributed by atoms with Crippen LogP contribution in [0.2, 0.25) is 0 Å². The van der Waals surface area contributed by atoms with E-state index in [1.54, 1.807) is 44.3 Å². The molecule has 0 radical (unpaired) electrons. The standard InChI is InChI=1S/C28H24N2O6/c1-16-9-10-19-22(15-16)29(3)26-20(25(19)28(34)35-18-7-5-4-6-8-18)13-17(2)14-21(26)27(33)36-30-23(31)11-12-24(30)32/h4-10,13-15,25H,11-12H2,1-3H3. The van der Waals surface area contributed by atoms with Crippen molar-refractivity contribution in [2.45, 2.75) is 32.6 Å². The van der Waals surface area contributed by atoms with E-state index in [0.29, 0.717) is 27.6 Å². The third-order valence-electron chi connectivity index (χ3n) is 6.39. The van der Waals surface area contributed by atoms with Gasteiger partial charge in [-0.15, -0.1) is 5.06 Å². The van der Waals surface area contributed by atoms with E-state index in [2.05, 4.69) is 0 Å². The molecule has 0 spiro atoms. The van der Waals surface area contributed by atoms with Gasteiger partial charge in [0.15, 0.2) is 0 Å². The average Bonchev–Trinajstić information content (AvgIpc) is 3.16. The quantitative estimate of drug-likeness (QED) is 0.309. The minimum absolute atomic E-state index is 0.00199. The highest BCUT2D eigenvalue weighted by molar-refractivity contribution is 6.05. The first-order valence-corrected chi connectivity index (χ1v) is 11.6. The maximum atomic E-state index is 13.6. The molecular weight excluding hydrogens is 460 g/mol. The van der Waals surface area contributed by atoms with Crippen LogP contribution in [0, 0.1) is 13.8 Å². The molecular formula is C28H24N2O6. The van der Waals surface area contributed by atoms with E-state index in [4.69, 9.17) is 9.57 Å². The number of hydroxylamine groups is 2. The van der Waals surface area contributed by atoms with Gasteiger partial charge in [-0.25, -0.2) is 4.79 Å². The highest BCUT2D eigenvalue weighted by Crippen LogP contribution is 2.48. The molecule has 1 unspecified atom stereocenters. The van der Waals surface area contributed by atoms with Gasteiger partial charge in [-0.2, -0.15) is 0 Å². The summed E-state index contributed by atoms with van der Waals surface area (Å²) in [6.45, 7) is 3.74. The van der Waals surface area contributed by atoms with Crippen molar-refractivity contribution in [2.24, 2.45) is 0 Å². The van der Waals surface area contributed by atoms with Gasteiger partial charge in [0, 0.05) is 25.6 Å². The molecule has 2 heterocycles. The predicted molar refractivity (Wildman–Crippen MR) is 131 cm³/mol. The minimum atomic E-state index is -0.850. The smallest absolute Gasteiger partial charge is 0.366 e. The molecule has 1 atom stereocenters. The van der Waals surface area contributed by atoms with E-state index < -0.39 is 29.7 Å². The number of carbonyl (C=O) groups excluding carboxylic acids is 4. The molecule has 2 amide bonds. The summed E-state index contributed by atoms with van der Waals surface area (Å²) in [5, 5.41) is 0.527. The molecule has 2 aliphatic rings. The summed E-state index contributed by atoms with van der Waals surface area (Å²) in [5.74, 6) is -2.86. The second-order valence-corrected chi connectivity index (χ2v) is 9.00. The lowest BCUT2D eigenvalue weighted by atomic mass is 9.82. The van der Waals surface area contributed by atoms with E-state index in [0.717, 1.165) is 16.8 Å². The first-order chi connectivity index (χ1) is 17.2. The second kappa shape index (κ2) is 8.96. The van der Waals surface area contributed by atoms with Crippen molar-refractivity contribution >= 4 is 35.1 Å². The molecule has 0 aromatic heterocycles. The number of benzene rings is 3. The van der Waals surface area contributed by atoms with Gasteiger partial charge in [0.2, 0.25) is 0 Å². The van der Waals surface area contributed by atoms with Crippen LogP contribution in [-0.2, 0) is 19.2 Å². The largest absolute Gasteiger partial charge is 0.426 e. The van der Waals surface area contributed by atoms with Gasteiger partial charge < -0.3 is 14.5 Å². The van der Waals surface area contributed by atoms with Crippen LogP contribution in [0.5, 0.6) is 5.75 Å². The molecule has 8 nitrogen and oxygen atoms in total. The third-order valence-corrected chi connectivity index (χ3v) is 6.39. The van der Waals surface area contributed by atoms with Crippen LogP contribution >= 0.6 is 0 Å². The maximum absolute atomic E-state index is 13.6. The molecule has 5 rings (SSSR count). The highest BCUT2D eigenvalue weighted by Gasteiger charge is 2.39. The Morgan fingerprint density at radius 2 is 1.56 bits per heavy atom. The third kappa shape index (κ3) is 4.00. The van der Waals surface area contributed by atoms with Gasteiger partial charge in [0.25, 0.3) is 11.8 Å². The topological polar surface area (TPSA) is 93.2 Å². The summed E-state index contributed by atoms with van der Waals surface area (Å²) < 4.78 is 5.74. The molecule has 0 bridgehead atoms. The summed E-state index contributed by atoms with van der Waals surface area (Å²) >= 11 is 0. The van der Waals surface area contributed by atoms with Crippen molar-refractivity contribution in [1.82, 2.24) is 5.06 Å². The van der Waals surface area contributed by atoms with Gasteiger partial charge in [0.05, 0.1) is 11.3 Å². The first kappa shape index (κ1) is 23.3. The Kier molecular flexibility index (Phi) is 5.80. The van der Waals surface area contributed by atoms with E-state index in [9.17, 15) is 19.2 Å². The first-order valence-electron chi connectivity index (χ1n) is 11.6. The zero-order chi connectivity index (χ0) is 25.6. The molecule has 0 N–H and O–H groups in total.